The van der Waals surface area contributed by atoms with Crippen LogP contribution in [0.15, 0.2) is 59.6 Å². The lowest BCUT2D eigenvalue weighted by atomic mass is 10.2. The smallest absolute Gasteiger partial charge is 0.139 e. The number of aryl methyl sites for hydroxylation is 1. The Hall–Kier alpha value is -2.47. The first-order valence-electron chi connectivity index (χ1n) is 7.99. The Morgan fingerprint density at radius 3 is 2.67 bits per heavy atom. The highest BCUT2D eigenvalue weighted by molar-refractivity contribution is 8.00. The Balaban J connectivity index is 1.63. The maximum absolute atomic E-state index is 9.75. The van der Waals surface area contributed by atoms with Crippen molar-refractivity contribution in [2.24, 2.45) is 0 Å². The number of aromatic hydroxyl groups is 1. The van der Waals surface area contributed by atoms with Crippen LogP contribution in [0.25, 0.3) is 5.69 Å². The monoisotopic (exact) mass is 340 g/mol. The molecule has 0 amide bonds. The van der Waals surface area contributed by atoms with Crippen molar-refractivity contribution in [1.29, 1.82) is 0 Å². The number of para-hydroxylation sites is 2. The molecule has 1 heterocycles. The van der Waals surface area contributed by atoms with E-state index in [1.165, 1.54) is 11.9 Å². The minimum absolute atomic E-state index is 0.240. The van der Waals surface area contributed by atoms with Crippen LogP contribution in [0.5, 0.6) is 5.75 Å². The molecule has 5 nitrogen and oxygen atoms in total. The van der Waals surface area contributed by atoms with E-state index in [2.05, 4.69) is 22.0 Å². The molecular formula is C18H20N4OS. The molecule has 0 atom stereocenters. The Labute approximate surface area is 145 Å². The van der Waals surface area contributed by atoms with Gasteiger partial charge in [-0.1, -0.05) is 30.7 Å². The summed E-state index contributed by atoms with van der Waals surface area (Å²) in [5.41, 5.74) is 2.71. The summed E-state index contributed by atoms with van der Waals surface area (Å²) < 4.78 is 4.95. The van der Waals surface area contributed by atoms with Gasteiger partial charge in [0.15, 0.2) is 0 Å². The van der Waals surface area contributed by atoms with Gasteiger partial charge in [-0.3, -0.25) is 0 Å². The number of hydrogen-bond acceptors (Lipinski definition) is 5. The molecule has 0 unspecified atom stereocenters. The van der Waals surface area contributed by atoms with E-state index in [0.717, 1.165) is 35.5 Å². The average molecular weight is 340 g/mol. The van der Waals surface area contributed by atoms with Gasteiger partial charge in [-0.15, -0.1) is 5.10 Å². The number of unbranched alkanes of at least 4 members (excludes halogenated alkanes) is 1. The Morgan fingerprint density at radius 1 is 1.12 bits per heavy atom. The molecule has 0 radical (unpaired) electrons. The molecule has 0 aliphatic rings. The third kappa shape index (κ3) is 4.08. The Kier molecular flexibility index (Phi) is 5.38. The highest BCUT2D eigenvalue weighted by Gasteiger charge is 2.04. The summed E-state index contributed by atoms with van der Waals surface area (Å²) in [4.78, 5) is 1.05. The minimum atomic E-state index is 0.240. The first-order chi connectivity index (χ1) is 11.8. The van der Waals surface area contributed by atoms with Crippen LogP contribution in [0, 0.1) is 0 Å². The summed E-state index contributed by atoms with van der Waals surface area (Å²) in [6, 6.07) is 15.2. The highest BCUT2D eigenvalue weighted by atomic mass is 32.2. The van der Waals surface area contributed by atoms with Crippen LogP contribution in [-0.4, -0.2) is 20.1 Å². The van der Waals surface area contributed by atoms with Crippen LogP contribution in [-0.2, 0) is 6.42 Å². The van der Waals surface area contributed by atoms with Crippen LogP contribution < -0.4 is 4.72 Å². The van der Waals surface area contributed by atoms with E-state index < -0.39 is 0 Å². The summed E-state index contributed by atoms with van der Waals surface area (Å²) >= 11 is 1.45. The first kappa shape index (κ1) is 16.4. The van der Waals surface area contributed by atoms with Crippen LogP contribution in [0.1, 0.15) is 25.5 Å². The molecule has 0 fully saturated rings. The fraction of sp³-hybridized carbons (Fsp3) is 0.222. The van der Waals surface area contributed by atoms with Gasteiger partial charge in [-0.05, 0) is 61.2 Å². The van der Waals surface area contributed by atoms with Crippen LogP contribution in [0.3, 0.4) is 0 Å². The molecule has 0 saturated carbocycles. The lowest BCUT2D eigenvalue weighted by Gasteiger charge is -2.07. The average Bonchev–Trinajstić information content (AvgIpc) is 3.09. The summed E-state index contributed by atoms with van der Waals surface area (Å²) in [5.74, 6) is 0.240. The number of rotatable bonds is 7. The number of phenols is 1. The lowest BCUT2D eigenvalue weighted by Crippen LogP contribution is -1.94. The number of benzene rings is 2. The third-order valence-corrected chi connectivity index (χ3v) is 4.44. The van der Waals surface area contributed by atoms with E-state index in [1.54, 1.807) is 16.8 Å². The molecule has 0 saturated heterocycles. The summed E-state index contributed by atoms with van der Waals surface area (Å²) in [7, 11) is 0. The largest absolute Gasteiger partial charge is 0.506 e. The van der Waals surface area contributed by atoms with Crippen molar-refractivity contribution in [2.75, 3.05) is 4.72 Å². The number of nitrogens with zero attached hydrogens (tertiary/aromatic N) is 3. The molecule has 124 valence electrons. The molecule has 0 bridgehead atoms. The van der Waals surface area contributed by atoms with Crippen molar-refractivity contribution < 1.29 is 5.11 Å². The topological polar surface area (TPSA) is 63.0 Å². The van der Waals surface area contributed by atoms with Crippen molar-refractivity contribution in [3.63, 3.8) is 0 Å². The second kappa shape index (κ2) is 7.88. The predicted molar refractivity (Wildman–Crippen MR) is 97.6 cm³/mol. The van der Waals surface area contributed by atoms with Crippen molar-refractivity contribution in [2.45, 2.75) is 31.1 Å². The quantitative estimate of drug-likeness (QED) is 0.492. The van der Waals surface area contributed by atoms with Crippen LogP contribution >= 0.6 is 11.9 Å². The number of phenolic OH excluding ortho intramolecular Hbond substituents is 1. The Bertz CT molecular complexity index is 786. The van der Waals surface area contributed by atoms with E-state index in [1.807, 2.05) is 42.6 Å². The number of hydrogen-bond donors (Lipinski definition) is 2. The second-order valence-electron chi connectivity index (χ2n) is 5.47. The second-order valence-corrected chi connectivity index (χ2v) is 6.35. The van der Waals surface area contributed by atoms with Crippen molar-refractivity contribution in [1.82, 2.24) is 15.0 Å². The van der Waals surface area contributed by atoms with Gasteiger partial charge < -0.3 is 9.83 Å². The van der Waals surface area contributed by atoms with E-state index in [-0.39, 0.29) is 5.75 Å². The summed E-state index contributed by atoms with van der Waals surface area (Å²) in [6.07, 6.45) is 5.24. The zero-order valence-electron chi connectivity index (χ0n) is 13.5. The third-order valence-electron chi connectivity index (χ3n) is 3.61. The fourth-order valence-electron chi connectivity index (χ4n) is 2.24. The van der Waals surface area contributed by atoms with E-state index in [4.69, 9.17) is 0 Å². The van der Waals surface area contributed by atoms with Crippen LogP contribution in [0.2, 0.25) is 0 Å². The molecule has 0 aliphatic heterocycles. The van der Waals surface area contributed by atoms with Crippen LogP contribution in [0.4, 0.5) is 5.69 Å². The van der Waals surface area contributed by atoms with Gasteiger partial charge in [0.2, 0.25) is 0 Å². The van der Waals surface area contributed by atoms with Gasteiger partial charge in [0, 0.05) is 4.90 Å². The molecule has 2 N–H and O–H groups in total. The zero-order chi connectivity index (χ0) is 16.8. The van der Waals surface area contributed by atoms with Gasteiger partial charge in [-0.2, -0.15) is 0 Å². The van der Waals surface area contributed by atoms with Gasteiger partial charge in [0.1, 0.15) is 5.75 Å². The molecule has 2 aromatic carbocycles. The lowest BCUT2D eigenvalue weighted by molar-refractivity contribution is 0.478. The molecule has 0 aliphatic carbocycles. The maximum Gasteiger partial charge on any atom is 0.139 e. The molecule has 1 aromatic heterocycles. The highest BCUT2D eigenvalue weighted by Crippen LogP contribution is 2.28. The molecule has 3 aromatic rings. The fourth-order valence-corrected chi connectivity index (χ4v) is 2.91. The molecule has 3 rings (SSSR count). The molecule has 6 heteroatoms. The maximum atomic E-state index is 9.75. The minimum Gasteiger partial charge on any atom is -0.506 e. The van der Waals surface area contributed by atoms with E-state index in [9.17, 15) is 5.11 Å². The number of aromatic nitrogens is 3. The molecule has 24 heavy (non-hydrogen) atoms. The first-order valence-corrected chi connectivity index (χ1v) is 8.80. The number of nitrogens with one attached hydrogen (secondary N) is 1. The van der Waals surface area contributed by atoms with Gasteiger partial charge in [0.25, 0.3) is 0 Å². The standard InChI is InChI=1S/C18H20N4OS/c1-2-3-6-14-13-22(21-19-14)15-9-11-16(12-10-15)24-20-17-7-4-5-8-18(17)23/h4-5,7-13,20,23H,2-3,6H2,1H3. The van der Waals surface area contributed by atoms with E-state index in [0.29, 0.717) is 5.69 Å². The Morgan fingerprint density at radius 2 is 1.92 bits per heavy atom. The van der Waals surface area contributed by atoms with Gasteiger partial charge in [0.05, 0.1) is 23.3 Å². The summed E-state index contributed by atoms with van der Waals surface area (Å²) in [5, 5.41) is 18.1. The van der Waals surface area contributed by atoms with Gasteiger partial charge in [-0.25, -0.2) is 4.68 Å². The van der Waals surface area contributed by atoms with Gasteiger partial charge >= 0.3 is 0 Å². The van der Waals surface area contributed by atoms with Crippen molar-refractivity contribution in [3.05, 3.63) is 60.4 Å². The summed E-state index contributed by atoms with van der Waals surface area (Å²) in [6.45, 7) is 2.17. The predicted octanol–water partition coefficient (Wildman–Crippen LogP) is 4.43. The number of anilines is 1. The molecule has 0 spiro atoms. The van der Waals surface area contributed by atoms with Crippen molar-refractivity contribution >= 4 is 17.6 Å². The molecular weight excluding hydrogens is 320 g/mol. The van der Waals surface area contributed by atoms with E-state index >= 15 is 0 Å². The normalized spacial score (nSPS) is 10.7. The SMILES string of the molecule is CCCCc1cn(-c2ccc(SNc3ccccc3O)cc2)nn1. The zero-order valence-corrected chi connectivity index (χ0v) is 14.3. The van der Waals surface area contributed by atoms with Crippen molar-refractivity contribution in [3.8, 4) is 11.4 Å².